The van der Waals surface area contributed by atoms with E-state index in [1.807, 2.05) is 51.1 Å². The molecule has 3 nitrogen and oxygen atoms in total. The highest BCUT2D eigenvalue weighted by molar-refractivity contribution is 5.80. The lowest BCUT2D eigenvalue weighted by molar-refractivity contribution is -0.317. The van der Waals surface area contributed by atoms with Crippen LogP contribution in [-0.2, 0) is 10.2 Å². The lowest BCUT2D eigenvalue weighted by atomic mass is 9.64. The van der Waals surface area contributed by atoms with E-state index in [4.69, 9.17) is 0 Å². The van der Waals surface area contributed by atoms with Gasteiger partial charge in [0.1, 0.15) is 0 Å². The molecule has 1 rings (SSSR count). The fraction of sp³-hybridized carbons (Fsp3) is 0.462. The summed E-state index contributed by atoms with van der Waals surface area (Å²) in [7, 11) is 0. The molecule has 0 saturated heterocycles. The quantitative estimate of drug-likeness (QED) is 0.833. The van der Waals surface area contributed by atoms with E-state index in [2.05, 4.69) is 0 Å². The van der Waals surface area contributed by atoms with Gasteiger partial charge in [-0.25, -0.2) is 0 Å². The maximum absolute atomic E-state index is 11.4. The minimum absolute atomic E-state index is 0. The monoisotopic (exact) mass is 223 g/mol. The molecular weight excluding hydrogens is 202 g/mol. The number of hydrogen-bond donors (Lipinski definition) is 1. The second kappa shape index (κ2) is 4.66. The zero-order valence-corrected chi connectivity index (χ0v) is 10.7. The third-order valence-corrected chi connectivity index (χ3v) is 3.26. The maximum Gasteiger partial charge on any atom is 0.0522 e. The molecule has 0 radical (unpaired) electrons. The van der Waals surface area contributed by atoms with E-state index in [-0.39, 0.29) is 11.6 Å². The third-order valence-electron chi connectivity index (χ3n) is 3.26. The Morgan fingerprint density at radius 1 is 1.06 bits per heavy atom. The summed E-state index contributed by atoms with van der Waals surface area (Å²) in [5, 5.41) is 11.4. The lowest BCUT2D eigenvalue weighted by Crippen LogP contribution is -2.51. The number of hydrogen-bond acceptors (Lipinski definition) is 2. The molecule has 16 heavy (non-hydrogen) atoms. The van der Waals surface area contributed by atoms with Gasteiger partial charge in [0.15, 0.2) is 0 Å². The van der Waals surface area contributed by atoms with Crippen LogP contribution in [0, 0.1) is 5.41 Å². The SMILES string of the molecule is CC(C)(C)C(C)(C(=O)[O-])c1ccccc1.[NH4+]. The van der Waals surface area contributed by atoms with Crippen LogP contribution in [0.1, 0.15) is 33.3 Å². The molecule has 1 aromatic carbocycles. The number of carboxylic acids is 1. The van der Waals surface area contributed by atoms with Crippen molar-refractivity contribution in [3.8, 4) is 0 Å². The molecule has 0 spiro atoms. The first-order chi connectivity index (χ1) is 6.80. The first kappa shape index (κ1) is 14.6. The van der Waals surface area contributed by atoms with E-state index < -0.39 is 11.4 Å². The topological polar surface area (TPSA) is 76.6 Å². The van der Waals surface area contributed by atoms with Crippen LogP contribution in [0.2, 0.25) is 0 Å². The summed E-state index contributed by atoms with van der Waals surface area (Å²) < 4.78 is 0. The molecule has 0 aliphatic rings. The number of aliphatic carboxylic acids is 1. The van der Waals surface area contributed by atoms with Crippen molar-refractivity contribution in [2.24, 2.45) is 5.41 Å². The Morgan fingerprint density at radius 3 is 1.81 bits per heavy atom. The molecule has 0 aliphatic carbocycles. The summed E-state index contributed by atoms with van der Waals surface area (Å²) in [6.07, 6.45) is 0. The van der Waals surface area contributed by atoms with Gasteiger partial charge in [0.25, 0.3) is 0 Å². The summed E-state index contributed by atoms with van der Waals surface area (Å²) in [6.45, 7) is 7.46. The minimum atomic E-state index is -1.03. The van der Waals surface area contributed by atoms with E-state index in [9.17, 15) is 9.90 Å². The molecular formula is C13H21NO2. The normalized spacial score (nSPS) is 14.8. The first-order valence-corrected chi connectivity index (χ1v) is 5.07. The molecule has 0 aromatic heterocycles. The first-order valence-electron chi connectivity index (χ1n) is 5.07. The highest BCUT2D eigenvalue weighted by Gasteiger charge is 2.40. The van der Waals surface area contributed by atoms with E-state index in [0.29, 0.717) is 0 Å². The van der Waals surface area contributed by atoms with Crippen molar-refractivity contribution in [1.82, 2.24) is 6.15 Å². The van der Waals surface area contributed by atoms with Gasteiger partial charge in [-0.3, -0.25) is 0 Å². The lowest BCUT2D eigenvalue weighted by Gasteiger charge is -2.43. The molecule has 0 saturated carbocycles. The van der Waals surface area contributed by atoms with Gasteiger partial charge in [0.2, 0.25) is 0 Å². The summed E-state index contributed by atoms with van der Waals surface area (Å²) in [5.74, 6) is -1.03. The van der Waals surface area contributed by atoms with Crippen LogP contribution in [0.15, 0.2) is 30.3 Å². The molecule has 1 aromatic rings. The van der Waals surface area contributed by atoms with Crippen molar-refractivity contribution in [3.63, 3.8) is 0 Å². The van der Waals surface area contributed by atoms with Crippen molar-refractivity contribution < 1.29 is 9.90 Å². The fourth-order valence-corrected chi connectivity index (χ4v) is 1.63. The van der Waals surface area contributed by atoms with Gasteiger partial charge in [-0.15, -0.1) is 0 Å². The van der Waals surface area contributed by atoms with Crippen LogP contribution in [0.3, 0.4) is 0 Å². The van der Waals surface area contributed by atoms with E-state index in [1.54, 1.807) is 6.92 Å². The van der Waals surface area contributed by atoms with Crippen LogP contribution in [0.4, 0.5) is 0 Å². The summed E-state index contributed by atoms with van der Waals surface area (Å²) in [6, 6.07) is 9.24. The Labute approximate surface area is 97.1 Å². The third kappa shape index (κ3) is 2.25. The predicted molar refractivity (Wildman–Crippen MR) is 64.2 cm³/mol. The number of quaternary nitrogens is 1. The molecule has 0 bridgehead atoms. The highest BCUT2D eigenvalue weighted by atomic mass is 16.4. The summed E-state index contributed by atoms with van der Waals surface area (Å²) in [4.78, 5) is 11.4. The van der Waals surface area contributed by atoms with Gasteiger partial charge in [0, 0.05) is 5.41 Å². The van der Waals surface area contributed by atoms with Crippen molar-refractivity contribution in [2.75, 3.05) is 0 Å². The number of benzene rings is 1. The Morgan fingerprint density at radius 2 is 1.50 bits per heavy atom. The Bertz CT molecular complexity index is 354. The standard InChI is InChI=1S/C13H18O2.H3N/c1-12(2,3)13(4,11(14)15)10-8-6-5-7-9-10;/h5-9H,1-4H3,(H,14,15);1H3. The predicted octanol–water partition coefficient (Wildman–Crippen LogP) is 2.12. The minimum Gasteiger partial charge on any atom is -0.549 e. The van der Waals surface area contributed by atoms with Crippen molar-refractivity contribution in [1.29, 1.82) is 0 Å². The van der Waals surface area contributed by atoms with Gasteiger partial charge in [-0.1, -0.05) is 51.1 Å². The summed E-state index contributed by atoms with van der Waals surface area (Å²) >= 11 is 0. The van der Waals surface area contributed by atoms with E-state index in [0.717, 1.165) is 5.56 Å². The van der Waals surface area contributed by atoms with E-state index in [1.165, 1.54) is 0 Å². The van der Waals surface area contributed by atoms with Crippen LogP contribution in [0.5, 0.6) is 0 Å². The van der Waals surface area contributed by atoms with Crippen LogP contribution in [0.25, 0.3) is 0 Å². The Hall–Kier alpha value is -1.35. The number of rotatable bonds is 2. The number of carbonyl (C=O) groups is 1. The molecule has 90 valence electrons. The Kier molecular flexibility index (Phi) is 4.27. The molecule has 0 heterocycles. The molecule has 3 heteroatoms. The van der Waals surface area contributed by atoms with Crippen LogP contribution < -0.4 is 11.3 Å². The Balaban J connectivity index is 0.00000225. The van der Waals surface area contributed by atoms with Gasteiger partial charge in [-0.05, 0) is 17.9 Å². The summed E-state index contributed by atoms with van der Waals surface area (Å²) in [5.41, 5.74) is -0.556. The molecule has 1 unspecified atom stereocenters. The average molecular weight is 223 g/mol. The zero-order valence-electron chi connectivity index (χ0n) is 10.7. The largest absolute Gasteiger partial charge is 0.549 e. The van der Waals surface area contributed by atoms with E-state index >= 15 is 0 Å². The van der Waals surface area contributed by atoms with Gasteiger partial charge in [0.05, 0.1) is 5.97 Å². The molecule has 0 aliphatic heterocycles. The van der Waals surface area contributed by atoms with Gasteiger partial charge < -0.3 is 16.1 Å². The van der Waals surface area contributed by atoms with Crippen molar-refractivity contribution >= 4 is 5.97 Å². The zero-order chi connectivity index (χ0) is 11.7. The second-order valence-electron chi connectivity index (χ2n) is 5.03. The molecule has 1 atom stereocenters. The fourth-order valence-electron chi connectivity index (χ4n) is 1.63. The van der Waals surface area contributed by atoms with Crippen LogP contribution >= 0.6 is 0 Å². The maximum atomic E-state index is 11.4. The number of carboxylic acid groups (broad SMARTS) is 1. The second-order valence-corrected chi connectivity index (χ2v) is 5.03. The molecule has 4 N–H and O–H groups in total. The molecule has 0 fully saturated rings. The average Bonchev–Trinajstić information content (AvgIpc) is 2.16. The number of carbonyl (C=O) groups excluding carboxylic acids is 1. The van der Waals surface area contributed by atoms with Crippen molar-refractivity contribution in [3.05, 3.63) is 35.9 Å². The van der Waals surface area contributed by atoms with Crippen molar-refractivity contribution in [2.45, 2.75) is 33.1 Å². The van der Waals surface area contributed by atoms with Gasteiger partial charge >= 0.3 is 0 Å². The smallest absolute Gasteiger partial charge is 0.0522 e. The van der Waals surface area contributed by atoms with Crippen LogP contribution in [-0.4, -0.2) is 5.97 Å². The molecule has 0 amide bonds. The van der Waals surface area contributed by atoms with Gasteiger partial charge in [-0.2, -0.15) is 0 Å². The highest BCUT2D eigenvalue weighted by Crippen LogP contribution is 2.40.